The lowest BCUT2D eigenvalue weighted by Crippen LogP contribution is -2.40. The van der Waals surface area contributed by atoms with E-state index < -0.39 is 10.0 Å². The summed E-state index contributed by atoms with van der Waals surface area (Å²) in [5.74, 6) is 0.350. The van der Waals surface area contributed by atoms with Gasteiger partial charge in [0.2, 0.25) is 10.0 Å². The number of hydrogen-bond donors (Lipinski definition) is 1. The summed E-state index contributed by atoms with van der Waals surface area (Å²) >= 11 is 5.86. The molecule has 1 aliphatic rings. The number of nitrogens with zero attached hydrogens (tertiary/aromatic N) is 2. The van der Waals surface area contributed by atoms with Gasteiger partial charge >= 0.3 is 0 Å². The Labute approximate surface area is 131 Å². The Morgan fingerprint density at radius 1 is 1.52 bits per heavy atom. The Hall–Kier alpha value is -0.690. The van der Waals surface area contributed by atoms with E-state index in [-0.39, 0.29) is 6.04 Å². The third-order valence-electron chi connectivity index (χ3n) is 3.98. The molecule has 1 aromatic rings. The first-order valence-electron chi connectivity index (χ1n) is 7.14. The molecule has 1 aromatic heterocycles. The van der Waals surface area contributed by atoms with E-state index in [0.29, 0.717) is 24.0 Å². The quantitative estimate of drug-likeness (QED) is 0.897. The fourth-order valence-corrected chi connectivity index (χ4v) is 3.89. The number of nitrogens with one attached hydrogen (secondary N) is 1. The lowest BCUT2D eigenvalue weighted by molar-refractivity contribution is 0.239. The van der Waals surface area contributed by atoms with Crippen LogP contribution in [-0.4, -0.2) is 44.1 Å². The number of piperidine rings is 1. The van der Waals surface area contributed by atoms with Crippen molar-refractivity contribution in [1.82, 2.24) is 14.6 Å². The van der Waals surface area contributed by atoms with E-state index >= 15 is 0 Å². The van der Waals surface area contributed by atoms with E-state index in [2.05, 4.69) is 10.3 Å². The van der Waals surface area contributed by atoms with Gasteiger partial charge in [0, 0.05) is 25.3 Å². The SMILES string of the molecule is CNC(CC1CCCN(S(C)(=O)=O)C1)c1ccc(Cl)cn1. The molecule has 2 unspecified atom stereocenters. The number of rotatable bonds is 5. The Morgan fingerprint density at radius 3 is 2.86 bits per heavy atom. The molecule has 2 rings (SSSR count). The summed E-state index contributed by atoms with van der Waals surface area (Å²) in [6.07, 6.45) is 5.77. The molecule has 1 saturated heterocycles. The number of sulfonamides is 1. The van der Waals surface area contributed by atoms with Gasteiger partial charge in [0.25, 0.3) is 0 Å². The Bertz CT molecular complexity index is 562. The normalized spacial score (nSPS) is 22.1. The molecule has 0 saturated carbocycles. The largest absolute Gasteiger partial charge is 0.312 e. The molecular formula is C14H22ClN3O2S. The van der Waals surface area contributed by atoms with Crippen LogP contribution in [0.3, 0.4) is 0 Å². The maximum Gasteiger partial charge on any atom is 0.211 e. The Morgan fingerprint density at radius 2 is 2.29 bits per heavy atom. The number of aromatic nitrogens is 1. The Balaban J connectivity index is 2.03. The molecule has 1 aliphatic heterocycles. The van der Waals surface area contributed by atoms with E-state index in [0.717, 1.165) is 25.0 Å². The van der Waals surface area contributed by atoms with Crippen molar-refractivity contribution in [2.75, 3.05) is 26.4 Å². The van der Waals surface area contributed by atoms with Crippen LogP contribution in [0, 0.1) is 5.92 Å². The van der Waals surface area contributed by atoms with Gasteiger partial charge in [0.15, 0.2) is 0 Å². The van der Waals surface area contributed by atoms with Gasteiger partial charge in [0.1, 0.15) is 0 Å². The van der Waals surface area contributed by atoms with E-state index in [4.69, 9.17) is 11.6 Å². The topological polar surface area (TPSA) is 62.3 Å². The Kier molecular flexibility index (Phi) is 5.60. The molecule has 1 fully saturated rings. The zero-order valence-electron chi connectivity index (χ0n) is 12.4. The first-order chi connectivity index (χ1) is 9.90. The second kappa shape index (κ2) is 7.05. The molecule has 0 spiro atoms. The third kappa shape index (κ3) is 4.64. The second-order valence-corrected chi connectivity index (χ2v) is 8.03. The highest BCUT2D eigenvalue weighted by molar-refractivity contribution is 7.88. The fourth-order valence-electron chi connectivity index (χ4n) is 2.83. The molecule has 21 heavy (non-hydrogen) atoms. The predicted octanol–water partition coefficient (Wildman–Crippen LogP) is 2.06. The van der Waals surface area contributed by atoms with Crippen molar-refractivity contribution in [2.24, 2.45) is 5.92 Å². The maximum atomic E-state index is 11.7. The number of hydrogen-bond acceptors (Lipinski definition) is 4. The van der Waals surface area contributed by atoms with Crippen molar-refractivity contribution < 1.29 is 8.42 Å². The molecule has 0 aliphatic carbocycles. The van der Waals surface area contributed by atoms with Gasteiger partial charge in [-0.05, 0) is 44.4 Å². The highest BCUT2D eigenvalue weighted by Crippen LogP contribution is 2.27. The summed E-state index contributed by atoms with van der Waals surface area (Å²) in [6, 6.07) is 3.87. The average molecular weight is 332 g/mol. The monoisotopic (exact) mass is 331 g/mol. The lowest BCUT2D eigenvalue weighted by Gasteiger charge is -2.32. The summed E-state index contributed by atoms with van der Waals surface area (Å²) in [5.41, 5.74) is 0.943. The van der Waals surface area contributed by atoms with E-state index in [1.165, 1.54) is 6.26 Å². The summed E-state index contributed by atoms with van der Waals surface area (Å²) < 4.78 is 24.9. The highest BCUT2D eigenvalue weighted by Gasteiger charge is 2.28. The standard InChI is InChI=1S/C14H22ClN3O2S/c1-16-14(13-6-5-12(15)9-17-13)8-11-4-3-7-18(10-11)21(2,19)20/h5-6,9,11,14,16H,3-4,7-8,10H2,1-2H3. The van der Waals surface area contributed by atoms with Crippen molar-refractivity contribution in [2.45, 2.75) is 25.3 Å². The van der Waals surface area contributed by atoms with Crippen LogP contribution in [0.1, 0.15) is 31.0 Å². The summed E-state index contributed by atoms with van der Waals surface area (Å²) in [6.45, 7) is 1.24. The minimum Gasteiger partial charge on any atom is -0.312 e. The van der Waals surface area contributed by atoms with Crippen molar-refractivity contribution in [3.8, 4) is 0 Å². The molecule has 5 nitrogen and oxygen atoms in total. The van der Waals surface area contributed by atoms with Gasteiger partial charge in [-0.15, -0.1) is 0 Å². The minimum absolute atomic E-state index is 0.117. The van der Waals surface area contributed by atoms with Gasteiger partial charge in [-0.3, -0.25) is 4.98 Å². The van der Waals surface area contributed by atoms with Gasteiger partial charge in [-0.25, -0.2) is 12.7 Å². The zero-order valence-corrected chi connectivity index (χ0v) is 14.0. The summed E-state index contributed by atoms with van der Waals surface area (Å²) in [5, 5.41) is 3.89. The molecule has 7 heteroatoms. The van der Waals surface area contributed by atoms with Gasteiger partial charge < -0.3 is 5.32 Å². The smallest absolute Gasteiger partial charge is 0.211 e. The first kappa shape index (κ1) is 16.7. The van der Waals surface area contributed by atoms with Crippen LogP contribution in [0.15, 0.2) is 18.3 Å². The molecule has 2 atom stereocenters. The van der Waals surface area contributed by atoms with Crippen LogP contribution < -0.4 is 5.32 Å². The van der Waals surface area contributed by atoms with Crippen LogP contribution in [0.25, 0.3) is 0 Å². The molecule has 1 N–H and O–H groups in total. The fraction of sp³-hybridized carbons (Fsp3) is 0.643. The molecule has 0 radical (unpaired) electrons. The average Bonchev–Trinajstić information content (AvgIpc) is 2.45. The van der Waals surface area contributed by atoms with Crippen molar-refractivity contribution in [3.63, 3.8) is 0 Å². The van der Waals surface area contributed by atoms with Gasteiger partial charge in [0.05, 0.1) is 17.0 Å². The third-order valence-corrected chi connectivity index (χ3v) is 5.47. The molecule has 0 aromatic carbocycles. The first-order valence-corrected chi connectivity index (χ1v) is 9.36. The highest BCUT2D eigenvalue weighted by atomic mass is 35.5. The van der Waals surface area contributed by atoms with Gasteiger partial charge in [-0.1, -0.05) is 11.6 Å². The van der Waals surface area contributed by atoms with Crippen molar-refractivity contribution >= 4 is 21.6 Å². The van der Waals surface area contributed by atoms with Crippen LogP contribution >= 0.6 is 11.6 Å². The van der Waals surface area contributed by atoms with E-state index in [9.17, 15) is 8.42 Å². The molecule has 2 heterocycles. The van der Waals surface area contributed by atoms with E-state index in [1.807, 2.05) is 19.2 Å². The van der Waals surface area contributed by atoms with Crippen LogP contribution in [0.5, 0.6) is 0 Å². The molecule has 0 bridgehead atoms. The maximum absolute atomic E-state index is 11.7. The van der Waals surface area contributed by atoms with Crippen molar-refractivity contribution in [3.05, 3.63) is 29.0 Å². The van der Waals surface area contributed by atoms with E-state index in [1.54, 1.807) is 10.5 Å². The van der Waals surface area contributed by atoms with Crippen molar-refractivity contribution in [1.29, 1.82) is 0 Å². The number of halogens is 1. The molecular weight excluding hydrogens is 310 g/mol. The van der Waals surface area contributed by atoms with Gasteiger partial charge in [-0.2, -0.15) is 0 Å². The summed E-state index contributed by atoms with van der Waals surface area (Å²) in [4.78, 5) is 4.36. The summed E-state index contributed by atoms with van der Waals surface area (Å²) in [7, 11) is -1.19. The second-order valence-electron chi connectivity index (χ2n) is 5.61. The van der Waals surface area contributed by atoms with Crippen LogP contribution in [-0.2, 0) is 10.0 Å². The van der Waals surface area contributed by atoms with Crippen LogP contribution in [0.4, 0.5) is 0 Å². The molecule has 0 amide bonds. The zero-order chi connectivity index (χ0) is 15.5. The molecule has 118 valence electrons. The minimum atomic E-state index is -3.09. The lowest BCUT2D eigenvalue weighted by atomic mass is 9.91. The number of pyridine rings is 1. The van der Waals surface area contributed by atoms with Crippen LogP contribution in [0.2, 0.25) is 5.02 Å². The predicted molar refractivity (Wildman–Crippen MR) is 84.8 cm³/mol.